The Labute approximate surface area is 201 Å². The number of nitrogens with zero attached hydrogens (tertiary/aromatic N) is 1. The number of ether oxygens (including phenoxy) is 3. The molecule has 3 aromatic rings. The van der Waals surface area contributed by atoms with Crippen LogP contribution < -0.4 is 9.64 Å². The number of hydrogen-bond donors (Lipinski definition) is 1. The fourth-order valence-electron chi connectivity index (χ4n) is 4.18. The molecule has 0 fully saturated rings. The number of rotatable bonds is 11. The van der Waals surface area contributed by atoms with Gasteiger partial charge in [0.25, 0.3) is 0 Å². The monoisotopic (exact) mass is 466 g/mol. The summed E-state index contributed by atoms with van der Waals surface area (Å²) in [5, 5.41) is 1.02. The molecule has 0 radical (unpaired) electrons. The van der Waals surface area contributed by atoms with Crippen molar-refractivity contribution in [1.29, 1.82) is 0 Å². The van der Waals surface area contributed by atoms with Crippen LogP contribution in [0.1, 0.15) is 49.5 Å². The highest BCUT2D eigenvalue weighted by Gasteiger charge is 2.18. The van der Waals surface area contributed by atoms with Gasteiger partial charge < -0.3 is 24.1 Å². The van der Waals surface area contributed by atoms with Gasteiger partial charge >= 0.3 is 11.9 Å². The summed E-state index contributed by atoms with van der Waals surface area (Å²) in [6.45, 7) is 7.98. The molecule has 0 bridgehead atoms. The molecule has 0 spiro atoms. The highest BCUT2D eigenvalue weighted by atomic mass is 16.5. The van der Waals surface area contributed by atoms with Gasteiger partial charge in [-0.25, -0.2) is 4.79 Å². The molecule has 0 atom stereocenters. The van der Waals surface area contributed by atoms with Gasteiger partial charge in [-0.15, -0.1) is 0 Å². The predicted octanol–water partition coefficient (Wildman–Crippen LogP) is 5.36. The van der Waals surface area contributed by atoms with Crippen LogP contribution in [-0.2, 0) is 20.7 Å². The normalized spacial score (nSPS) is 10.9. The van der Waals surface area contributed by atoms with Crippen molar-refractivity contribution in [2.75, 3.05) is 38.8 Å². The Morgan fingerprint density at radius 2 is 1.82 bits per heavy atom. The third-order valence-corrected chi connectivity index (χ3v) is 5.96. The SMILES string of the molecule is CCOC(=O)CCCN(CC)c1cc(CC)c(-c2cc3ccc(C(=O)OC)cc3[nH]2)cc1OC. The van der Waals surface area contributed by atoms with E-state index in [1.807, 2.05) is 19.1 Å². The molecule has 0 saturated carbocycles. The van der Waals surface area contributed by atoms with E-state index >= 15 is 0 Å². The van der Waals surface area contributed by atoms with Crippen LogP contribution >= 0.6 is 0 Å². The third-order valence-electron chi connectivity index (χ3n) is 5.96. The molecule has 3 rings (SSSR count). The molecule has 1 N–H and O–H groups in total. The van der Waals surface area contributed by atoms with Gasteiger partial charge in [-0.3, -0.25) is 4.79 Å². The second-order valence-corrected chi connectivity index (χ2v) is 8.00. The van der Waals surface area contributed by atoms with Crippen LogP contribution in [0, 0.1) is 0 Å². The second-order valence-electron chi connectivity index (χ2n) is 8.00. The minimum Gasteiger partial charge on any atom is -0.495 e. The summed E-state index contributed by atoms with van der Waals surface area (Å²) in [6.07, 6.45) is 1.95. The lowest BCUT2D eigenvalue weighted by atomic mass is 10.00. The Bertz CT molecular complexity index is 1150. The third kappa shape index (κ3) is 5.53. The first kappa shape index (κ1) is 25.1. The summed E-state index contributed by atoms with van der Waals surface area (Å²) < 4.78 is 15.7. The molecule has 2 aromatic carbocycles. The van der Waals surface area contributed by atoms with Crippen molar-refractivity contribution >= 4 is 28.5 Å². The van der Waals surface area contributed by atoms with E-state index in [9.17, 15) is 9.59 Å². The van der Waals surface area contributed by atoms with E-state index in [2.05, 4.69) is 41.9 Å². The van der Waals surface area contributed by atoms with Crippen LogP contribution in [0.15, 0.2) is 36.4 Å². The lowest BCUT2D eigenvalue weighted by Gasteiger charge is -2.26. The standard InChI is InChI=1S/C27H34N2O5/c1-6-18-16-24(29(7-2)13-9-10-26(30)34-8-3)25(32-4)17-21(18)23-14-19-11-12-20(27(31)33-5)15-22(19)28-23/h11-12,14-17,28H,6-10,13H2,1-5H3. The molecule has 0 saturated heterocycles. The van der Waals surface area contributed by atoms with Crippen LogP contribution in [0.2, 0.25) is 0 Å². The number of aryl methyl sites for hydroxylation is 1. The molecule has 34 heavy (non-hydrogen) atoms. The van der Waals surface area contributed by atoms with E-state index in [1.54, 1.807) is 13.2 Å². The average molecular weight is 467 g/mol. The van der Waals surface area contributed by atoms with Crippen molar-refractivity contribution in [3.8, 4) is 17.0 Å². The Hall–Kier alpha value is -3.48. The number of fused-ring (bicyclic) bond motifs is 1. The van der Waals surface area contributed by atoms with Crippen LogP contribution in [0.5, 0.6) is 5.75 Å². The van der Waals surface area contributed by atoms with Crippen molar-refractivity contribution in [3.05, 3.63) is 47.5 Å². The summed E-state index contributed by atoms with van der Waals surface area (Å²) >= 11 is 0. The smallest absolute Gasteiger partial charge is 0.337 e. The van der Waals surface area contributed by atoms with Gasteiger partial charge in [-0.1, -0.05) is 13.0 Å². The minimum absolute atomic E-state index is 0.163. The van der Waals surface area contributed by atoms with Crippen molar-refractivity contribution in [2.45, 2.75) is 40.0 Å². The Morgan fingerprint density at radius 1 is 1.03 bits per heavy atom. The number of carbonyl (C=O) groups is 2. The lowest BCUT2D eigenvalue weighted by molar-refractivity contribution is -0.143. The number of anilines is 1. The predicted molar refractivity (Wildman–Crippen MR) is 135 cm³/mol. The zero-order valence-corrected chi connectivity index (χ0v) is 20.7. The summed E-state index contributed by atoms with van der Waals surface area (Å²) in [4.78, 5) is 29.3. The van der Waals surface area contributed by atoms with Crippen molar-refractivity contribution in [3.63, 3.8) is 0 Å². The van der Waals surface area contributed by atoms with Crippen molar-refractivity contribution in [1.82, 2.24) is 4.98 Å². The Kier molecular flexibility index (Phi) is 8.57. The minimum atomic E-state index is -0.360. The van der Waals surface area contributed by atoms with Crippen molar-refractivity contribution in [2.24, 2.45) is 0 Å². The topological polar surface area (TPSA) is 80.9 Å². The van der Waals surface area contributed by atoms with E-state index in [0.717, 1.165) is 53.1 Å². The van der Waals surface area contributed by atoms with Crippen LogP contribution in [-0.4, -0.2) is 50.8 Å². The molecule has 0 aliphatic heterocycles. The maximum atomic E-state index is 11.9. The van der Waals surface area contributed by atoms with E-state index in [0.29, 0.717) is 25.0 Å². The van der Waals surface area contributed by atoms with Gasteiger partial charge in [0, 0.05) is 41.7 Å². The lowest BCUT2D eigenvalue weighted by Crippen LogP contribution is -2.25. The van der Waals surface area contributed by atoms with Crippen LogP contribution in [0.4, 0.5) is 5.69 Å². The number of esters is 2. The van der Waals surface area contributed by atoms with Gasteiger partial charge in [0.15, 0.2) is 0 Å². The largest absolute Gasteiger partial charge is 0.495 e. The molecule has 182 valence electrons. The quantitative estimate of drug-likeness (QED) is 0.383. The average Bonchev–Trinajstić information content (AvgIpc) is 3.28. The van der Waals surface area contributed by atoms with E-state index in [4.69, 9.17) is 14.2 Å². The molecule has 1 heterocycles. The molecular formula is C27H34N2O5. The summed E-state index contributed by atoms with van der Waals surface area (Å²) in [7, 11) is 3.05. The molecule has 0 amide bonds. The number of nitrogens with one attached hydrogen (secondary N) is 1. The fourth-order valence-corrected chi connectivity index (χ4v) is 4.18. The molecule has 7 heteroatoms. The number of aromatic amines is 1. The highest BCUT2D eigenvalue weighted by Crippen LogP contribution is 2.37. The maximum absolute atomic E-state index is 11.9. The molecular weight excluding hydrogens is 432 g/mol. The zero-order valence-electron chi connectivity index (χ0n) is 20.7. The molecule has 7 nitrogen and oxygen atoms in total. The van der Waals surface area contributed by atoms with Crippen molar-refractivity contribution < 1.29 is 23.8 Å². The highest BCUT2D eigenvalue weighted by molar-refractivity contribution is 5.96. The molecule has 0 aliphatic carbocycles. The number of methoxy groups -OCH3 is 2. The van der Waals surface area contributed by atoms with E-state index in [1.165, 1.54) is 12.7 Å². The van der Waals surface area contributed by atoms with Gasteiger partial charge in [0.1, 0.15) is 5.75 Å². The first-order valence-corrected chi connectivity index (χ1v) is 11.8. The molecule has 0 aliphatic rings. The summed E-state index contributed by atoms with van der Waals surface area (Å²) in [5.74, 6) is 0.254. The van der Waals surface area contributed by atoms with Crippen LogP contribution in [0.3, 0.4) is 0 Å². The first-order valence-electron chi connectivity index (χ1n) is 11.8. The van der Waals surface area contributed by atoms with Gasteiger partial charge in [-0.05, 0) is 62.6 Å². The van der Waals surface area contributed by atoms with E-state index < -0.39 is 0 Å². The molecule has 1 aromatic heterocycles. The van der Waals surface area contributed by atoms with Crippen LogP contribution in [0.25, 0.3) is 22.2 Å². The Balaban J connectivity index is 1.94. The first-order chi connectivity index (χ1) is 16.4. The van der Waals surface area contributed by atoms with Gasteiger partial charge in [0.05, 0.1) is 32.1 Å². The zero-order chi connectivity index (χ0) is 24.7. The number of benzene rings is 2. The van der Waals surface area contributed by atoms with E-state index in [-0.39, 0.29) is 11.9 Å². The van der Waals surface area contributed by atoms with Gasteiger partial charge in [0.2, 0.25) is 0 Å². The number of aromatic nitrogens is 1. The maximum Gasteiger partial charge on any atom is 0.337 e. The fraction of sp³-hybridized carbons (Fsp3) is 0.407. The van der Waals surface area contributed by atoms with Gasteiger partial charge in [-0.2, -0.15) is 0 Å². The second kappa shape index (κ2) is 11.6. The number of carbonyl (C=O) groups excluding carboxylic acids is 2. The Morgan fingerprint density at radius 3 is 2.47 bits per heavy atom. The summed E-state index contributed by atoms with van der Waals surface area (Å²) in [6, 6.07) is 11.8. The summed E-state index contributed by atoms with van der Waals surface area (Å²) in [5.41, 5.74) is 5.59. The molecule has 0 unspecified atom stereocenters. The number of hydrogen-bond acceptors (Lipinski definition) is 6. The number of H-pyrrole nitrogens is 1.